The minimum atomic E-state index is -3.48. The third-order valence-corrected chi connectivity index (χ3v) is 5.33. The summed E-state index contributed by atoms with van der Waals surface area (Å²) < 4.78 is 31.6. The van der Waals surface area contributed by atoms with Crippen molar-refractivity contribution >= 4 is 27.2 Å². The van der Waals surface area contributed by atoms with Crippen LogP contribution in [0.25, 0.3) is 11.2 Å². The van der Waals surface area contributed by atoms with E-state index in [0.717, 1.165) is 19.2 Å². The monoisotopic (exact) mass is 399 g/mol. The van der Waals surface area contributed by atoms with E-state index >= 15 is 0 Å². The van der Waals surface area contributed by atoms with Gasteiger partial charge in [0.15, 0.2) is 11.2 Å². The number of hydrogen-bond acceptors (Lipinski definition) is 7. The lowest BCUT2D eigenvalue weighted by molar-refractivity contribution is 0.215. The van der Waals surface area contributed by atoms with Gasteiger partial charge in [-0.15, -0.1) is 0 Å². The van der Waals surface area contributed by atoms with Gasteiger partial charge in [0.1, 0.15) is 0 Å². The van der Waals surface area contributed by atoms with E-state index in [9.17, 15) is 18.0 Å². The molecule has 0 fully saturated rings. The van der Waals surface area contributed by atoms with Crippen LogP contribution in [0.5, 0.6) is 0 Å². The molecule has 150 valence electrons. The fourth-order valence-corrected chi connectivity index (χ4v) is 4.10. The third kappa shape index (κ3) is 4.08. The average molecular weight is 399 g/mol. The van der Waals surface area contributed by atoms with Crippen LogP contribution in [0.2, 0.25) is 0 Å². The van der Waals surface area contributed by atoms with Crippen LogP contribution in [0, 0.1) is 0 Å². The molecule has 10 nitrogen and oxygen atoms in total. The molecule has 2 aromatic rings. The van der Waals surface area contributed by atoms with Crippen molar-refractivity contribution in [1.29, 1.82) is 0 Å². The highest BCUT2D eigenvalue weighted by atomic mass is 32.2. The smallest absolute Gasteiger partial charge is 0.332 e. The molecule has 1 aliphatic rings. The summed E-state index contributed by atoms with van der Waals surface area (Å²) in [6.45, 7) is 3.43. The molecular formula is C16H25N5O5S. The van der Waals surface area contributed by atoms with Crippen molar-refractivity contribution in [3.63, 3.8) is 0 Å². The molecule has 0 saturated carbocycles. The summed E-state index contributed by atoms with van der Waals surface area (Å²) in [5, 5.41) is 3.15. The zero-order chi connectivity index (χ0) is 19.8. The molecule has 0 spiro atoms. The quantitative estimate of drug-likeness (QED) is 0.524. The first kappa shape index (κ1) is 19.6. The second kappa shape index (κ2) is 7.47. The normalized spacial score (nSPS) is 15.5. The average Bonchev–Trinajstić information content (AvgIpc) is 2.97. The van der Waals surface area contributed by atoms with Crippen molar-refractivity contribution in [3.8, 4) is 0 Å². The van der Waals surface area contributed by atoms with Crippen LogP contribution in [0.4, 0.5) is 5.95 Å². The fraction of sp³-hybridized carbons (Fsp3) is 0.688. The van der Waals surface area contributed by atoms with Crippen LogP contribution in [-0.2, 0) is 34.4 Å². The van der Waals surface area contributed by atoms with Gasteiger partial charge in [-0.25, -0.2) is 4.79 Å². The minimum Gasteiger partial charge on any atom is -0.356 e. The number of aromatic nitrogens is 4. The van der Waals surface area contributed by atoms with Gasteiger partial charge < -0.3 is 9.88 Å². The highest BCUT2D eigenvalue weighted by molar-refractivity contribution is 7.86. The molecule has 1 aliphatic heterocycles. The highest BCUT2D eigenvalue weighted by Gasteiger charge is 2.21. The molecule has 0 amide bonds. The molecule has 0 saturated heterocycles. The van der Waals surface area contributed by atoms with Crippen molar-refractivity contribution in [2.24, 2.45) is 7.05 Å². The first-order chi connectivity index (χ1) is 12.7. The van der Waals surface area contributed by atoms with E-state index in [-0.39, 0.29) is 12.1 Å². The molecule has 3 rings (SSSR count). The first-order valence-electron chi connectivity index (χ1n) is 9.01. The highest BCUT2D eigenvalue weighted by Crippen LogP contribution is 2.19. The maximum absolute atomic E-state index is 12.9. The third-order valence-electron chi connectivity index (χ3n) is 4.66. The van der Waals surface area contributed by atoms with Crippen LogP contribution in [0.3, 0.4) is 0 Å². The molecule has 2 aromatic heterocycles. The maximum atomic E-state index is 12.9. The van der Waals surface area contributed by atoms with Crippen molar-refractivity contribution in [1.82, 2.24) is 18.7 Å². The van der Waals surface area contributed by atoms with E-state index in [2.05, 4.69) is 10.3 Å². The number of anilines is 1. The Balaban J connectivity index is 1.79. The van der Waals surface area contributed by atoms with Gasteiger partial charge in [-0.2, -0.15) is 13.4 Å². The summed E-state index contributed by atoms with van der Waals surface area (Å²) in [6.07, 6.45) is 3.20. The van der Waals surface area contributed by atoms with Crippen molar-refractivity contribution < 1.29 is 12.6 Å². The van der Waals surface area contributed by atoms with Gasteiger partial charge in [0.05, 0.1) is 12.4 Å². The van der Waals surface area contributed by atoms with Gasteiger partial charge >= 0.3 is 5.69 Å². The lowest BCUT2D eigenvalue weighted by Crippen LogP contribution is -2.39. The number of hydrogen-bond donors (Lipinski definition) is 1. The molecule has 1 atom stereocenters. The molecule has 0 unspecified atom stereocenters. The van der Waals surface area contributed by atoms with Gasteiger partial charge in [-0.05, 0) is 32.6 Å². The van der Waals surface area contributed by atoms with Gasteiger partial charge in [0.2, 0.25) is 5.95 Å². The molecular weight excluding hydrogens is 374 g/mol. The van der Waals surface area contributed by atoms with Crippen molar-refractivity contribution in [2.45, 2.75) is 51.8 Å². The summed E-state index contributed by atoms with van der Waals surface area (Å²) in [5.41, 5.74) is 0.0910. The molecule has 3 heterocycles. The molecule has 27 heavy (non-hydrogen) atoms. The van der Waals surface area contributed by atoms with E-state index in [1.165, 1.54) is 9.13 Å². The standard InChI is InChI=1S/C16H25N5O5S/c1-11(26-27(3,24)25)7-4-5-9-21-14(22)12-13(19(2)16(21)23)18-15-17-8-6-10-20(12)15/h11H,4-10H2,1-3H3,(H,17,18)/t11-/m0/s1. The fourth-order valence-electron chi connectivity index (χ4n) is 3.41. The topological polar surface area (TPSA) is 117 Å². The Morgan fingerprint density at radius 1 is 1.30 bits per heavy atom. The summed E-state index contributed by atoms with van der Waals surface area (Å²) in [7, 11) is -1.87. The van der Waals surface area contributed by atoms with Gasteiger partial charge in [-0.1, -0.05) is 0 Å². The summed E-state index contributed by atoms with van der Waals surface area (Å²) in [4.78, 5) is 29.9. The first-order valence-corrected chi connectivity index (χ1v) is 10.8. The number of nitrogens with zero attached hydrogens (tertiary/aromatic N) is 4. The Kier molecular flexibility index (Phi) is 5.43. The zero-order valence-corrected chi connectivity index (χ0v) is 16.6. The predicted molar refractivity (Wildman–Crippen MR) is 102 cm³/mol. The number of fused-ring (bicyclic) bond motifs is 3. The van der Waals surface area contributed by atoms with Crippen LogP contribution >= 0.6 is 0 Å². The number of rotatable bonds is 7. The van der Waals surface area contributed by atoms with Crippen molar-refractivity contribution in [2.75, 3.05) is 18.1 Å². The Morgan fingerprint density at radius 2 is 2.04 bits per heavy atom. The van der Waals surface area contributed by atoms with Crippen LogP contribution in [0.15, 0.2) is 9.59 Å². The zero-order valence-electron chi connectivity index (χ0n) is 15.8. The van der Waals surface area contributed by atoms with Crippen LogP contribution < -0.4 is 16.6 Å². The SMILES string of the molecule is C[C@@H](CCCCn1c(=O)c2c(nc3n2CCCN3)n(C)c1=O)OS(C)(=O)=O. The molecule has 0 aromatic carbocycles. The maximum Gasteiger partial charge on any atom is 0.332 e. The predicted octanol–water partition coefficient (Wildman–Crippen LogP) is 0.247. The number of unbranched alkanes of at least 4 members (excludes halogenated alkanes) is 1. The number of aryl methyl sites for hydroxylation is 2. The molecule has 11 heteroatoms. The lowest BCUT2D eigenvalue weighted by atomic mass is 10.2. The second-order valence-electron chi connectivity index (χ2n) is 6.94. The van der Waals surface area contributed by atoms with Crippen LogP contribution in [0.1, 0.15) is 32.6 Å². The Bertz CT molecular complexity index is 1070. The second-order valence-corrected chi connectivity index (χ2v) is 8.55. The summed E-state index contributed by atoms with van der Waals surface area (Å²) >= 11 is 0. The van der Waals surface area contributed by atoms with E-state index in [4.69, 9.17) is 4.18 Å². The van der Waals surface area contributed by atoms with E-state index < -0.39 is 21.9 Å². The molecule has 0 aliphatic carbocycles. The number of imidazole rings is 1. The Morgan fingerprint density at radius 3 is 2.74 bits per heavy atom. The van der Waals surface area contributed by atoms with Crippen LogP contribution in [-0.4, -0.2) is 46.0 Å². The Labute approximate surface area is 156 Å². The molecule has 1 N–H and O–H groups in total. The molecule has 0 bridgehead atoms. The largest absolute Gasteiger partial charge is 0.356 e. The lowest BCUT2D eigenvalue weighted by Gasteiger charge is -2.15. The van der Waals surface area contributed by atoms with Gasteiger partial charge in [0.25, 0.3) is 15.7 Å². The van der Waals surface area contributed by atoms with Gasteiger partial charge in [-0.3, -0.25) is 18.1 Å². The van der Waals surface area contributed by atoms with E-state index in [1.807, 2.05) is 4.57 Å². The minimum absolute atomic E-state index is 0.265. The Hall–Kier alpha value is -2.14. The van der Waals surface area contributed by atoms with E-state index in [0.29, 0.717) is 42.9 Å². The molecule has 0 radical (unpaired) electrons. The van der Waals surface area contributed by atoms with E-state index in [1.54, 1.807) is 14.0 Å². The number of nitrogens with one attached hydrogen (secondary N) is 1. The summed E-state index contributed by atoms with van der Waals surface area (Å²) in [5.74, 6) is 0.618. The van der Waals surface area contributed by atoms with Crippen molar-refractivity contribution in [3.05, 3.63) is 20.8 Å². The van der Waals surface area contributed by atoms with Gasteiger partial charge in [0, 0.05) is 26.7 Å². The summed E-state index contributed by atoms with van der Waals surface area (Å²) in [6, 6.07) is 0.